The number of halogens is 4. The molecule has 5 rings (SSSR count). The van der Waals surface area contributed by atoms with Crippen molar-refractivity contribution in [2.45, 2.75) is 83.0 Å². The lowest BCUT2D eigenvalue weighted by atomic mass is 9.82. The number of carbonyl (C=O) groups is 2. The van der Waals surface area contributed by atoms with E-state index in [0.717, 1.165) is 36.5 Å². The number of hydrogen-bond donors (Lipinski definition) is 3. The third-order valence-electron chi connectivity index (χ3n) is 9.48. The molecule has 6 nitrogen and oxygen atoms in total. The average Bonchev–Trinajstić information content (AvgIpc) is 3.45. The first-order chi connectivity index (χ1) is 20.7. The fourth-order valence-electron chi connectivity index (χ4n) is 6.93. The van der Waals surface area contributed by atoms with E-state index in [0.29, 0.717) is 42.2 Å². The maximum absolute atomic E-state index is 13.9. The molecule has 238 valence electrons. The van der Waals surface area contributed by atoms with Crippen molar-refractivity contribution in [1.82, 2.24) is 5.32 Å². The van der Waals surface area contributed by atoms with E-state index in [1.807, 2.05) is 6.07 Å². The summed E-state index contributed by atoms with van der Waals surface area (Å²) in [6, 6.07) is 7.10. The van der Waals surface area contributed by atoms with Crippen LogP contribution in [0.5, 0.6) is 5.75 Å². The van der Waals surface area contributed by atoms with Gasteiger partial charge in [-0.15, -0.1) is 0 Å². The van der Waals surface area contributed by atoms with E-state index < -0.39 is 46.9 Å². The van der Waals surface area contributed by atoms with Gasteiger partial charge in [-0.3, -0.25) is 9.59 Å². The van der Waals surface area contributed by atoms with Crippen LogP contribution in [0.1, 0.15) is 80.3 Å². The molecule has 0 spiro atoms. The van der Waals surface area contributed by atoms with Crippen molar-refractivity contribution in [3.8, 4) is 5.75 Å². The molecule has 0 aliphatic heterocycles. The number of nitrogens with one attached hydrogen (secondary N) is 2. The molecule has 2 amide bonds. The van der Waals surface area contributed by atoms with Crippen molar-refractivity contribution in [2.75, 3.05) is 12.4 Å². The number of aryl methyl sites for hydroxylation is 1. The Balaban J connectivity index is 1.42. The minimum atomic E-state index is -4.91. The monoisotopic (exact) mass is 616 g/mol. The largest absolute Gasteiger partial charge is 0.496 e. The van der Waals surface area contributed by atoms with E-state index in [1.54, 1.807) is 26.0 Å². The predicted molar refractivity (Wildman–Crippen MR) is 159 cm³/mol. The normalized spacial score (nSPS) is 24.3. The third kappa shape index (κ3) is 6.95. The number of hydrogen-bond acceptors (Lipinski definition) is 4. The summed E-state index contributed by atoms with van der Waals surface area (Å²) < 4.78 is 59.5. The van der Waals surface area contributed by atoms with Crippen LogP contribution in [0, 0.1) is 29.5 Å². The highest BCUT2D eigenvalue weighted by Crippen LogP contribution is 2.53. The van der Waals surface area contributed by atoms with Crippen LogP contribution in [0.3, 0.4) is 0 Å². The van der Waals surface area contributed by atoms with Gasteiger partial charge in [-0.1, -0.05) is 37.0 Å². The number of alkyl halides is 3. The Kier molecular flexibility index (Phi) is 9.12. The summed E-state index contributed by atoms with van der Waals surface area (Å²) in [6.45, 7) is 3.44. The van der Waals surface area contributed by atoms with Crippen LogP contribution in [0.25, 0.3) is 0 Å². The molecule has 2 bridgehead atoms. The lowest BCUT2D eigenvalue weighted by molar-refractivity contribution is -0.140. The minimum Gasteiger partial charge on any atom is -0.496 e. The number of amides is 2. The zero-order chi connectivity index (χ0) is 31.8. The smallest absolute Gasteiger partial charge is 0.419 e. The van der Waals surface area contributed by atoms with Crippen molar-refractivity contribution in [2.24, 2.45) is 23.7 Å². The van der Waals surface area contributed by atoms with Gasteiger partial charge in [0.1, 0.15) is 11.6 Å². The Hall–Kier alpha value is -3.40. The Morgan fingerprint density at radius 2 is 1.77 bits per heavy atom. The zero-order valence-electron chi connectivity index (χ0n) is 25.3. The Morgan fingerprint density at radius 3 is 2.41 bits per heavy atom. The summed E-state index contributed by atoms with van der Waals surface area (Å²) in [7, 11) is 1.47. The molecule has 3 aliphatic carbocycles. The molecule has 3 N–H and O–H groups in total. The fraction of sp³-hybridized carbons (Fsp3) is 0.529. The number of benzene rings is 2. The number of aliphatic hydroxyl groups is 1. The second-order valence-corrected chi connectivity index (χ2v) is 13.1. The maximum atomic E-state index is 13.9. The topological polar surface area (TPSA) is 87.7 Å². The van der Waals surface area contributed by atoms with Crippen LogP contribution in [-0.2, 0) is 17.4 Å². The van der Waals surface area contributed by atoms with E-state index in [-0.39, 0.29) is 17.5 Å². The van der Waals surface area contributed by atoms with Crippen LogP contribution in [-0.4, -0.2) is 35.7 Å². The highest BCUT2D eigenvalue weighted by Gasteiger charge is 2.54. The van der Waals surface area contributed by atoms with Gasteiger partial charge in [-0.25, -0.2) is 4.39 Å². The number of allylic oxidation sites excluding steroid dienone is 1. The van der Waals surface area contributed by atoms with Crippen molar-refractivity contribution in [1.29, 1.82) is 0 Å². The van der Waals surface area contributed by atoms with Gasteiger partial charge in [0.05, 0.1) is 29.8 Å². The average molecular weight is 617 g/mol. The third-order valence-corrected chi connectivity index (χ3v) is 9.48. The van der Waals surface area contributed by atoms with Crippen LogP contribution in [0.15, 0.2) is 48.0 Å². The van der Waals surface area contributed by atoms with E-state index >= 15 is 0 Å². The lowest BCUT2D eigenvalue weighted by Gasteiger charge is -2.30. The summed E-state index contributed by atoms with van der Waals surface area (Å²) in [4.78, 5) is 27.6. The second-order valence-electron chi connectivity index (χ2n) is 13.1. The molecular formula is C34H40F4N2O4. The highest BCUT2D eigenvalue weighted by molar-refractivity contribution is 5.99. The maximum Gasteiger partial charge on any atom is 0.419 e. The molecular weight excluding hydrogens is 576 g/mol. The standard InChI is InChI=1S/C34H40F4N2O4/c1-33(2,43)16-15-20-8-14-28(44-3)25(17-20)31(41)40-30-24-12-11-23(22(24)10-7-19-5-4-6-19)29(30)32(42)39-21-9-13-27(35)26(18-21)34(36,37)38/h8-10,13-14,17-19,23-24,29-30,43H,4-7,11-12,15-16H2,1-3H3,(H,39,42)(H,40,41)/b22-10-/t23-,24+,29?,30?/m0/s1. The Morgan fingerprint density at radius 1 is 1.05 bits per heavy atom. The lowest BCUT2D eigenvalue weighted by Crippen LogP contribution is -2.48. The first-order valence-electron chi connectivity index (χ1n) is 15.3. The number of methoxy groups -OCH3 is 1. The summed E-state index contributed by atoms with van der Waals surface area (Å²) in [5.74, 6) is -2.32. The van der Waals surface area contributed by atoms with Gasteiger partial charge < -0.3 is 20.5 Å². The zero-order valence-corrected chi connectivity index (χ0v) is 25.3. The first-order valence-corrected chi connectivity index (χ1v) is 15.3. The van der Waals surface area contributed by atoms with Crippen molar-refractivity contribution in [3.05, 3.63) is 70.6 Å². The van der Waals surface area contributed by atoms with E-state index in [2.05, 4.69) is 16.7 Å². The van der Waals surface area contributed by atoms with Gasteiger partial charge in [-0.05, 0) is 93.7 Å². The van der Waals surface area contributed by atoms with Crippen molar-refractivity contribution < 1.29 is 37.0 Å². The van der Waals surface area contributed by atoms with E-state index in [1.165, 1.54) is 26.4 Å². The Labute approximate surface area is 255 Å². The van der Waals surface area contributed by atoms with Gasteiger partial charge in [0, 0.05) is 17.6 Å². The van der Waals surface area contributed by atoms with Crippen LogP contribution >= 0.6 is 0 Å². The molecule has 2 aromatic rings. The van der Waals surface area contributed by atoms with Gasteiger partial charge >= 0.3 is 6.18 Å². The number of fused-ring (bicyclic) bond motifs is 2. The molecule has 3 aliphatic rings. The molecule has 0 aromatic heterocycles. The van der Waals surface area contributed by atoms with Crippen LogP contribution in [0.2, 0.25) is 0 Å². The SMILES string of the molecule is COc1ccc(CCC(C)(C)O)cc1C(=O)NC1C(C(=O)Nc2ccc(F)c(C(F)(F)F)c2)[C@H]2CC[C@@H]1/C2=C\CC1CCC1. The van der Waals surface area contributed by atoms with Crippen LogP contribution in [0.4, 0.5) is 23.2 Å². The van der Waals surface area contributed by atoms with Gasteiger partial charge in [0.15, 0.2) is 0 Å². The molecule has 2 unspecified atom stereocenters. The van der Waals surface area contributed by atoms with Gasteiger partial charge in [0.25, 0.3) is 5.91 Å². The van der Waals surface area contributed by atoms with Crippen molar-refractivity contribution in [3.63, 3.8) is 0 Å². The molecule has 0 heterocycles. The molecule has 0 saturated heterocycles. The van der Waals surface area contributed by atoms with Gasteiger partial charge in [0.2, 0.25) is 5.91 Å². The quantitative estimate of drug-likeness (QED) is 0.197. The summed E-state index contributed by atoms with van der Waals surface area (Å²) in [5.41, 5.74) is -0.208. The number of anilines is 1. The van der Waals surface area contributed by atoms with Gasteiger partial charge in [-0.2, -0.15) is 13.2 Å². The minimum absolute atomic E-state index is 0.0805. The molecule has 10 heteroatoms. The van der Waals surface area contributed by atoms with Crippen molar-refractivity contribution >= 4 is 17.5 Å². The molecule has 0 radical (unpaired) electrons. The Bertz CT molecular complexity index is 1430. The molecule has 4 atom stereocenters. The molecule has 44 heavy (non-hydrogen) atoms. The predicted octanol–water partition coefficient (Wildman–Crippen LogP) is 7.07. The van der Waals surface area contributed by atoms with E-state index in [9.17, 15) is 32.3 Å². The first kappa shape index (κ1) is 32.0. The second kappa shape index (κ2) is 12.5. The molecule has 3 saturated carbocycles. The highest BCUT2D eigenvalue weighted by atomic mass is 19.4. The van der Waals surface area contributed by atoms with E-state index in [4.69, 9.17) is 4.74 Å². The summed E-state index contributed by atoms with van der Waals surface area (Å²) in [5, 5.41) is 15.9. The molecule has 2 aromatic carbocycles. The number of carbonyl (C=O) groups excluding carboxylic acids is 2. The number of rotatable bonds is 10. The molecule has 3 fully saturated rings. The van der Waals surface area contributed by atoms with Crippen LogP contribution < -0.4 is 15.4 Å². The number of ether oxygens (including phenoxy) is 1. The summed E-state index contributed by atoms with van der Waals surface area (Å²) in [6.07, 6.45) is 4.30. The fourth-order valence-corrected chi connectivity index (χ4v) is 6.93. The summed E-state index contributed by atoms with van der Waals surface area (Å²) >= 11 is 0.